The predicted octanol–water partition coefficient (Wildman–Crippen LogP) is 0.240. The van der Waals surface area contributed by atoms with Crippen molar-refractivity contribution in [3.63, 3.8) is 0 Å². The minimum absolute atomic E-state index is 0.805. The molecule has 5 heteroatoms. The fourth-order valence-corrected chi connectivity index (χ4v) is 2.46. The van der Waals surface area contributed by atoms with Crippen LogP contribution in [0.5, 0.6) is 0 Å². The van der Waals surface area contributed by atoms with Gasteiger partial charge in [-0.2, -0.15) is 5.10 Å². The Labute approximate surface area is 110 Å². The van der Waals surface area contributed by atoms with E-state index in [1.807, 2.05) is 23.1 Å². The number of rotatable bonds is 6. The molecule has 18 heavy (non-hydrogen) atoms. The monoisotopic (exact) mass is 251 g/mol. The smallest absolute Gasteiger partial charge is 0.0536 e. The molecule has 2 heterocycles. The summed E-state index contributed by atoms with van der Waals surface area (Å²) in [4.78, 5) is 5.09. The van der Waals surface area contributed by atoms with Crippen LogP contribution in [0, 0.1) is 0 Å². The quantitative estimate of drug-likeness (QED) is 0.787. The lowest BCUT2D eigenvalue weighted by molar-refractivity contribution is 0.247. The zero-order valence-electron chi connectivity index (χ0n) is 11.2. The average molecular weight is 251 g/mol. The third kappa shape index (κ3) is 4.40. The lowest BCUT2D eigenvalue weighted by Gasteiger charge is -2.21. The molecule has 0 aromatic carbocycles. The van der Waals surface area contributed by atoms with E-state index in [1.165, 1.54) is 32.6 Å². The molecular weight excluding hydrogens is 226 g/mol. The molecule has 0 unspecified atom stereocenters. The van der Waals surface area contributed by atoms with E-state index in [9.17, 15) is 0 Å². The van der Waals surface area contributed by atoms with Gasteiger partial charge in [-0.25, -0.2) is 0 Å². The van der Waals surface area contributed by atoms with Crippen LogP contribution in [0.3, 0.4) is 0 Å². The summed E-state index contributed by atoms with van der Waals surface area (Å²) in [6, 6.07) is 1.98. The molecule has 0 amide bonds. The standard InChI is InChI=1S/C13H25N5/c14-4-1-6-16-7-3-8-17(11-10-16)12-13-18-9-2-5-15-18/h2,5,9H,1,3-4,6-8,10-14H2. The molecule has 1 fully saturated rings. The van der Waals surface area contributed by atoms with Crippen LogP contribution in [0.15, 0.2) is 18.5 Å². The number of aromatic nitrogens is 2. The zero-order chi connectivity index (χ0) is 12.6. The summed E-state index contributed by atoms with van der Waals surface area (Å²) in [6.45, 7) is 8.84. The Kier molecular flexibility index (Phi) is 5.64. The second kappa shape index (κ2) is 7.51. The minimum Gasteiger partial charge on any atom is -0.330 e. The first-order valence-electron chi connectivity index (χ1n) is 7.00. The van der Waals surface area contributed by atoms with Gasteiger partial charge in [-0.3, -0.25) is 4.68 Å². The normalized spacial score (nSPS) is 18.9. The molecule has 0 atom stereocenters. The maximum absolute atomic E-state index is 5.57. The average Bonchev–Trinajstić information content (AvgIpc) is 2.80. The van der Waals surface area contributed by atoms with Crippen molar-refractivity contribution in [1.29, 1.82) is 0 Å². The van der Waals surface area contributed by atoms with E-state index in [0.29, 0.717) is 0 Å². The van der Waals surface area contributed by atoms with E-state index in [4.69, 9.17) is 5.73 Å². The molecule has 0 aliphatic carbocycles. The molecule has 0 radical (unpaired) electrons. The Morgan fingerprint density at radius 2 is 1.78 bits per heavy atom. The van der Waals surface area contributed by atoms with Gasteiger partial charge in [-0.1, -0.05) is 0 Å². The lowest BCUT2D eigenvalue weighted by Crippen LogP contribution is -2.33. The Morgan fingerprint density at radius 1 is 1.00 bits per heavy atom. The van der Waals surface area contributed by atoms with E-state index < -0.39 is 0 Å². The van der Waals surface area contributed by atoms with E-state index >= 15 is 0 Å². The van der Waals surface area contributed by atoms with Crippen LogP contribution < -0.4 is 5.73 Å². The highest BCUT2D eigenvalue weighted by molar-refractivity contribution is 4.78. The maximum Gasteiger partial charge on any atom is 0.0536 e. The first kappa shape index (κ1) is 13.5. The van der Waals surface area contributed by atoms with Gasteiger partial charge >= 0.3 is 0 Å². The van der Waals surface area contributed by atoms with Crippen LogP contribution in [0.2, 0.25) is 0 Å². The topological polar surface area (TPSA) is 50.3 Å². The van der Waals surface area contributed by atoms with Gasteiger partial charge in [0.25, 0.3) is 0 Å². The Morgan fingerprint density at radius 3 is 2.44 bits per heavy atom. The third-order valence-electron chi connectivity index (χ3n) is 3.56. The van der Waals surface area contributed by atoms with Crippen molar-refractivity contribution in [1.82, 2.24) is 19.6 Å². The Balaban J connectivity index is 1.68. The van der Waals surface area contributed by atoms with Crippen LogP contribution >= 0.6 is 0 Å². The SMILES string of the molecule is NCCCN1CCCN(CCn2cccn2)CC1. The van der Waals surface area contributed by atoms with Gasteiger partial charge in [0.05, 0.1) is 6.54 Å². The molecule has 1 aliphatic heterocycles. The second-order valence-corrected chi connectivity index (χ2v) is 4.95. The summed E-state index contributed by atoms with van der Waals surface area (Å²) in [5.74, 6) is 0. The largest absolute Gasteiger partial charge is 0.330 e. The van der Waals surface area contributed by atoms with Gasteiger partial charge in [0.2, 0.25) is 0 Å². The highest BCUT2D eigenvalue weighted by Gasteiger charge is 2.13. The molecule has 1 saturated heterocycles. The summed E-state index contributed by atoms with van der Waals surface area (Å²) in [5.41, 5.74) is 5.57. The van der Waals surface area contributed by atoms with Crippen molar-refractivity contribution >= 4 is 0 Å². The molecule has 1 aromatic heterocycles. The zero-order valence-corrected chi connectivity index (χ0v) is 11.2. The van der Waals surface area contributed by atoms with Crippen molar-refractivity contribution in [2.24, 2.45) is 5.73 Å². The molecule has 2 N–H and O–H groups in total. The van der Waals surface area contributed by atoms with Gasteiger partial charge in [0.15, 0.2) is 0 Å². The van der Waals surface area contributed by atoms with E-state index in [1.54, 1.807) is 0 Å². The fraction of sp³-hybridized carbons (Fsp3) is 0.769. The van der Waals surface area contributed by atoms with Gasteiger partial charge in [0, 0.05) is 32.0 Å². The van der Waals surface area contributed by atoms with Crippen molar-refractivity contribution in [2.45, 2.75) is 19.4 Å². The maximum atomic E-state index is 5.57. The number of nitrogens with two attached hydrogens (primary N) is 1. The molecule has 1 aliphatic rings. The van der Waals surface area contributed by atoms with E-state index in [-0.39, 0.29) is 0 Å². The molecule has 2 rings (SSSR count). The van der Waals surface area contributed by atoms with Crippen LogP contribution in [-0.4, -0.2) is 65.4 Å². The number of nitrogens with zero attached hydrogens (tertiary/aromatic N) is 4. The van der Waals surface area contributed by atoms with Crippen LogP contribution in [0.1, 0.15) is 12.8 Å². The Bertz CT molecular complexity index is 311. The molecule has 0 saturated carbocycles. The van der Waals surface area contributed by atoms with Crippen molar-refractivity contribution in [2.75, 3.05) is 45.8 Å². The van der Waals surface area contributed by atoms with Crippen LogP contribution in [0.25, 0.3) is 0 Å². The van der Waals surface area contributed by atoms with Crippen molar-refractivity contribution < 1.29 is 0 Å². The summed E-state index contributed by atoms with van der Waals surface area (Å²) in [5, 5.41) is 4.25. The second-order valence-electron chi connectivity index (χ2n) is 4.95. The minimum atomic E-state index is 0.805. The van der Waals surface area contributed by atoms with Gasteiger partial charge < -0.3 is 15.5 Å². The van der Waals surface area contributed by atoms with Crippen LogP contribution in [0.4, 0.5) is 0 Å². The Hall–Kier alpha value is -0.910. The predicted molar refractivity (Wildman–Crippen MR) is 73.4 cm³/mol. The van der Waals surface area contributed by atoms with Crippen LogP contribution in [-0.2, 0) is 6.54 Å². The molecule has 1 aromatic rings. The van der Waals surface area contributed by atoms with E-state index in [0.717, 1.165) is 32.6 Å². The number of hydrogen-bond acceptors (Lipinski definition) is 4. The molecule has 5 nitrogen and oxygen atoms in total. The van der Waals surface area contributed by atoms with Gasteiger partial charge in [0.1, 0.15) is 0 Å². The molecular formula is C13H25N5. The fourth-order valence-electron chi connectivity index (χ4n) is 2.46. The first-order valence-corrected chi connectivity index (χ1v) is 7.00. The highest BCUT2D eigenvalue weighted by atomic mass is 15.3. The van der Waals surface area contributed by atoms with E-state index in [2.05, 4.69) is 14.9 Å². The number of hydrogen-bond donors (Lipinski definition) is 1. The van der Waals surface area contributed by atoms with Crippen molar-refractivity contribution in [3.05, 3.63) is 18.5 Å². The third-order valence-corrected chi connectivity index (χ3v) is 3.56. The summed E-state index contributed by atoms with van der Waals surface area (Å²) in [6.07, 6.45) is 6.26. The molecule has 102 valence electrons. The summed E-state index contributed by atoms with van der Waals surface area (Å²) < 4.78 is 2.01. The highest BCUT2D eigenvalue weighted by Crippen LogP contribution is 2.03. The first-order chi connectivity index (χ1) is 8.88. The van der Waals surface area contributed by atoms with Gasteiger partial charge in [-0.05, 0) is 45.1 Å². The summed E-state index contributed by atoms with van der Waals surface area (Å²) >= 11 is 0. The van der Waals surface area contributed by atoms with Gasteiger partial charge in [-0.15, -0.1) is 0 Å². The van der Waals surface area contributed by atoms with Crippen molar-refractivity contribution in [3.8, 4) is 0 Å². The molecule has 0 spiro atoms. The molecule has 0 bridgehead atoms. The lowest BCUT2D eigenvalue weighted by atomic mass is 10.3. The summed E-state index contributed by atoms with van der Waals surface area (Å²) in [7, 11) is 0.